The van der Waals surface area contributed by atoms with Crippen LogP contribution in [0.1, 0.15) is 27.7 Å². The fraction of sp³-hybridized carbons (Fsp3) is 0.600. The van der Waals surface area contributed by atoms with Gasteiger partial charge in [0.2, 0.25) is 0 Å². The molecular formula is C15H24N4O2. The fourth-order valence-corrected chi connectivity index (χ4v) is 2.34. The lowest BCUT2D eigenvalue weighted by Gasteiger charge is -2.40. The molecule has 2 N–H and O–H groups in total. The molecule has 0 radical (unpaired) electrons. The van der Waals surface area contributed by atoms with E-state index in [4.69, 9.17) is 10.5 Å². The molecule has 1 aliphatic rings. The second-order valence-electron chi connectivity index (χ2n) is 6.42. The third-order valence-electron chi connectivity index (χ3n) is 3.35. The Morgan fingerprint density at radius 1 is 1.38 bits per heavy atom. The number of hydrogen-bond donors (Lipinski definition) is 1. The molecule has 1 amide bonds. The molecule has 1 saturated heterocycles. The molecule has 6 nitrogen and oxygen atoms in total. The number of nitrogens with two attached hydrogens (primary N) is 1. The van der Waals surface area contributed by atoms with Crippen molar-refractivity contribution in [1.29, 1.82) is 0 Å². The summed E-state index contributed by atoms with van der Waals surface area (Å²) < 4.78 is 5.44. The van der Waals surface area contributed by atoms with E-state index in [1.54, 1.807) is 11.1 Å². The number of nitrogens with zero attached hydrogens (tertiary/aromatic N) is 3. The molecule has 1 atom stereocenters. The number of carbonyl (C=O) groups is 1. The molecule has 6 heteroatoms. The molecule has 0 aromatic carbocycles. The summed E-state index contributed by atoms with van der Waals surface area (Å²) in [6.07, 6.45) is 1.40. The zero-order valence-corrected chi connectivity index (χ0v) is 13.2. The number of carbonyl (C=O) groups excluding carboxylic acids is 1. The molecular weight excluding hydrogens is 268 g/mol. The van der Waals surface area contributed by atoms with Crippen molar-refractivity contribution in [1.82, 2.24) is 9.88 Å². The summed E-state index contributed by atoms with van der Waals surface area (Å²) in [6.45, 7) is 9.75. The molecule has 21 heavy (non-hydrogen) atoms. The molecule has 116 valence electrons. The van der Waals surface area contributed by atoms with Crippen molar-refractivity contribution < 1.29 is 9.53 Å². The molecule has 0 unspecified atom stereocenters. The predicted molar refractivity (Wildman–Crippen MR) is 83.3 cm³/mol. The molecule has 0 aliphatic carbocycles. The minimum absolute atomic E-state index is 0.0768. The van der Waals surface area contributed by atoms with Crippen molar-refractivity contribution in [3.8, 4) is 0 Å². The van der Waals surface area contributed by atoms with Crippen molar-refractivity contribution >= 4 is 17.6 Å². The van der Waals surface area contributed by atoms with Gasteiger partial charge in [0.1, 0.15) is 11.4 Å². The first-order valence-corrected chi connectivity index (χ1v) is 7.22. The summed E-state index contributed by atoms with van der Waals surface area (Å²) in [5.41, 5.74) is 5.84. The molecule has 2 rings (SSSR count). The van der Waals surface area contributed by atoms with E-state index in [0.29, 0.717) is 12.2 Å². The molecule has 1 aromatic rings. The van der Waals surface area contributed by atoms with E-state index < -0.39 is 5.60 Å². The Morgan fingerprint density at radius 2 is 2.10 bits per heavy atom. The third-order valence-corrected chi connectivity index (χ3v) is 3.35. The summed E-state index contributed by atoms with van der Waals surface area (Å²) in [7, 11) is 0. The predicted octanol–water partition coefficient (Wildman–Crippen LogP) is 2.11. The van der Waals surface area contributed by atoms with Crippen LogP contribution >= 0.6 is 0 Å². The number of pyridine rings is 1. The zero-order chi connectivity index (χ0) is 15.6. The minimum atomic E-state index is -0.466. The van der Waals surface area contributed by atoms with Crippen LogP contribution < -0.4 is 10.6 Å². The molecule has 1 aromatic heterocycles. The van der Waals surface area contributed by atoms with Gasteiger partial charge in [-0.15, -0.1) is 0 Å². The molecule has 1 aliphatic heterocycles. The first-order valence-electron chi connectivity index (χ1n) is 7.22. The third kappa shape index (κ3) is 4.00. The first-order chi connectivity index (χ1) is 9.76. The Morgan fingerprint density at radius 3 is 2.62 bits per heavy atom. The maximum atomic E-state index is 12.2. The zero-order valence-electron chi connectivity index (χ0n) is 13.2. The van der Waals surface area contributed by atoms with Crippen LogP contribution in [0, 0.1) is 0 Å². The van der Waals surface area contributed by atoms with Crippen LogP contribution in [0.25, 0.3) is 0 Å². The lowest BCUT2D eigenvalue weighted by molar-refractivity contribution is 0.0158. The Labute approximate surface area is 125 Å². The highest BCUT2D eigenvalue weighted by atomic mass is 16.6. The number of amides is 1. The SMILES string of the molecule is C[C@H]1CN(c2ccc(N)cn2)CCN1C(=O)OC(C)(C)C. The number of anilines is 2. The topological polar surface area (TPSA) is 71.7 Å². The quantitative estimate of drug-likeness (QED) is 0.858. The van der Waals surface area contributed by atoms with Gasteiger partial charge in [0, 0.05) is 25.7 Å². The van der Waals surface area contributed by atoms with Gasteiger partial charge in [-0.05, 0) is 39.8 Å². The van der Waals surface area contributed by atoms with Crippen LogP contribution in [-0.2, 0) is 4.74 Å². The summed E-state index contributed by atoms with van der Waals surface area (Å²) in [5, 5.41) is 0. The van der Waals surface area contributed by atoms with E-state index in [1.165, 1.54) is 0 Å². The molecule has 0 spiro atoms. The van der Waals surface area contributed by atoms with Gasteiger partial charge in [-0.1, -0.05) is 0 Å². The minimum Gasteiger partial charge on any atom is -0.444 e. The number of ether oxygens (including phenoxy) is 1. The Hall–Kier alpha value is -1.98. The fourth-order valence-electron chi connectivity index (χ4n) is 2.34. The standard InChI is InChI=1S/C15H24N4O2/c1-11-10-18(13-6-5-12(16)9-17-13)7-8-19(11)14(20)21-15(2,3)4/h5-6,9,11H,7-8,10,16H2,1-4H3/t11-/m0/s1. The number of piperazine rings is 1. The van der Waals surface area contributed by atoms with Gasteiger partial charge in [0.05, 0.1) is 11.9 Å². The van der Waals surface area contributed by atoms with Crippen LogP contribution in [-0.4, -0.2) is 47.3 Å². The molecule has 0 bridgehead atoms. The van der Waals surface area contributed by atoms with Gasteiger partial charge >= 0.3 is 6.09 Å². The van der Waals surface area contributed by atoms with Crippen molar-refractivity contribution in [3.05, 3.63) is 18.3 Å². The lowest BCUT2D eigenvalue weighted by Crippen LogP contribution is -2.55. The van der Waals surface area contributed by atoms with Crippen LogP contribution in [0.5, 0.6) is 0 Å². The number of aromatic nitrogens is 1. The Bertz CT molecular complexity index is 495. The van der Waals surface area contributed by atoms with Crippen molar-refractivity contribution in [2.45, 2.75) is 39.3 Å². The first kappa shape index (κ1) is 15.4. The number of hydrogen-bond acceptors (Lipinski definition) is 5. The van der Waals surface area contributed by atoms with Gasteiger partial charge in [0.15, 0.2) is 0 Å². The smallest absolute Gasteiger partial charge is 0.410 e. The summed E-state index contributed by atoms with van der Waals surface area (Å²) in [6, 6.07) is 3.83. The Balaban J connectivity index is 1.99. The van der Waals surface area contributed by atoms with Crippen LogP contribution in [0.3, 0.4) is 0 Å². The Kier molecular flexibility index (Phi) is 4.25. The van der Waals surface area contributed by atoms with Crippen molar-refractivity contribution in [2.24, 2.45) is 0 Å². The van der Waals surface area contributed by atoms with Crippen LogP contribution in [0.4, 0.5) is 16.3 Å². The number of rotatable bonds is 1. The normalized spacial score (nSPS) is 19.5. The van der Waals surface area contributed by atoms with Gasteiger partial charge in [-0.3, -0.25) is 0 Å². The highest BCUT2D eigenvalue weighted by molar-refractivity contribution is 5.69. The maximum Gasteiger partial charge on any atom is 0.410 e. The molecule has 1 fully saturated rings. The number of nitrogen functional groups attached to an aromatic ring is 1. The lowest BCUT2D eigenvalue weighted by atomic mass is 10.2. The second kappa shape index (κ2) is 5.79. The maximum absolute atomic E-state index is 12.2. The van der Waals surface area contributed by atoms with E-state index in [0.717, 1.165) is 18.9 Å². The largest absolute Gasteiger partial charge is 0.444 e. The van der Waals surface area contributed by atoms with E-state index in [1.807, 2.05) is 39.8 Å². The van der Waals surface area contributed by atoms with Crippen LogP contribution in [0.2, 0.25) is 0 Å². The van der Waals surface area contributed by atoms with Gasteiger partial charge < -0.3 is 20.3 Å². The molecule has 0 saturated carbocycles. The van der Waals surface area contributed by atoms with E-state index in [-0.39, 0.29) is 12.1 Å². The van der Waals surface area contributed by atoms with Gasteiger partial charge in [-0.2, -0.15) is 0 Å². The summed E-state index contributed by atoms with van der Waals surface area (Å²) >= 11 is 0. The highest BCUT2D eigenvalue weighted by Crippen LogP contribution is 2.20. The summed E-state index contributed by atoms with van der Waals surface area (Å²) in [5.74, 6) is 0.889. The summed E-state index contributed by atoms with van der Waals surface area (Å²) in [4.78, 5) is 20.4. The van der Waals surface area contributed by atoms with Gasteiger partial charge in [0.25, 0.3) is 0 Å². The van der Waals surface area contributed by atoms with Gasteiger partial charge in [-0.25, -0.2) is 9.78 Å². The second-order valence-corrected chi connectivity index (χ2v) is 6.42. The average Bonchev–Trinajstić information content (AvgIpc) is 2.37. The van der Waals surface area contributed by atoms with Crippen molar-refractivity contribution in [2.75, 3.05) is 30.3 Å². The average molecular weight is 292 g/mol. The van der Waals surface area contributed by atoms with Crippen molar-refractivity contribution in [3.63, 3.8) is 0 Å². The monoisotopic (exact) mass is 292 g/mol. The van der Waals surface area contributed by atoms with Crippen LogP contribution in [0.15, 0.2) is 18.3 Å². The van der Waals surface area contributed by atoms with E-state index >= 15 is 0 Å². The van der Waals surface area contributed by atoms with E-state index in [9.17, 15) is 4.79 Å². The molecule has 2 heterocycles. The highest BCUT2D eigenvalue weighted by Gasteiger charge is 2.31. The van der Waals surface area contributed by atoms with E-state index in [2.05, 4.69) is 9.88 Å².